The zero-order valence-electron chi connectivity index (χ0n) is 19.9. The highest BCUT2D eigenvalue weighted by Gasteiger charge is 2.59. The first-order chi connectivity index (χ1) is 15.8. The number of aryl methyl sites for hydroxylation is 1. The maximum atomic E-state index is 12.6. The van der Waals surface area contributed by atoms with Crippen LogP contribution >= 0.6 is 15.9 Å². The molecule has 33 heavy (non-hydrogen) atoms. The minimum atomic E-state index is -0.831. The number of nitrogens with zero attached hydrogens (tertiary/aromatic N) is 4. The molecular formula is C26H37BrN4O2. The summed E-state index contributed by atoms with van der Waals surface area (Å²) in [5.41, 5.74) is 1.13. The van der Waals surface area contributed by atoms with Gasteiger partial charge in [-0.1, -0.05) is 6.07 Å². The van der Waals surface area contributed by atoms with Crippen molar-refractivity contribution in [2.45, 2.75) is 69.6 Å². The molecule has 180 valence electrons. The average Bonchev–Trinajstić information content (AvgIpc) is 3.54. The lowest BCUT2D eigenvalue weighted by molar-refractivity contribution is -0.136. The number of phenolic OH excluding ortho intramolecular Hbond substituents is 1. The van der Waals surface area contributed by atoms with E-state index in [1.165, 1.54) is 18.4 Å². The molecule has 2 N–H and O–H groups in total. The monoisotopic (exact) mass is 516 g/mol. The van der Waals surface area contributed by atoms with Crippen LogP contribution in [-0.2, 0) is 12.0 Å². The number of halogens is 1. The number of aromatic hydroxyl groups is 1. The van der Waals surface area contributed by atoms with Crippen LogP contribution in [-0.4, -0.2) is 74.2 Å². The number of fused-ring (bicyclic) bond motifs is 1. The lowest BCUT2D eigenvalue weighted by atomic mass is 9.57. The Kier molecular flexibility index (Phi) is 6.36. The van der Waals surface area contributed by atoms with Gasteiger partial charge >= 0.3 is 0 Å². The van der Waals surface area contributed by atoms with E-state index >= 15 is 0 Å². The maximum Gasteiger partial charge on any atom is 0.115 e. The average molecular weight is 518 g/mol. The summed E-state index contributed by atoms with van der Waals surface area (Å²) >= 11 is 3.48. The smallest absolute Gasteiger partial charge is 0.115 e. The fourth-order valence-electron chi connectivity index (χ4n) is 6.46. The van der Waals surface area contributed by atoms with Gasteiger partial charge in [-0.25, -0.2) is 0 Å². The third kappa shape index (κ3) is 4.38. The molecule has 3 aliphatic rings. The predicted octanol–water partition coefficient (Wildman–Crippen LogP) is 3.93. The highest BCUT2D eigenvalue weighted by Crippen LogP contribution is 2.53. The fraction of sp³-hybridized carbons (Fsp3) is 0.654. The van der Waals surface area contributed by atoms with E-state index in [1.807, 2.05) is 29.2 Å². The second kappa shape index (κ2) is 8.99. The van der Waals surface area contributed by atoms with Crippen molar-refractivity contribution in [1.29, 1.82) is 0 Å². The maximum absolute atomic E-state index is 12.6. The second-order valence-electron chi connectivity index (χ2n) is 10.6. The Morgan fingerprint density at radius 2 is 1.88 bits per heavy atom. The van der Waals surface area contributed by atoms with Crippen molar-refractivity contribution in [3.8, 4) is 5.75 Å². The van der Waals surface area contributed by atoms with E-state index in [9.17, 15) is 10.2 Å². The minimum Gasteiger partial charge on any atom is -0.508 e. The van der Waals surface area contributed by atoms with Crippen molar-refractivity contribution in [1.82, 2.24) is 19.6 Å². The molecule has 2 aliphatic heterocycles. The summed E-state index contributed by atoms with van der Waals surface area (Å²) in [5, 5.41) is 27.4. The topological polar surface area (TPSA) is 64.8 Å². The number of aliphatic hydroxyl groups is 1. The SMILES string of the molecule is Cc1ccc(O)cc1C12CCN(CCn3cc(Br)cn3)CCC1(O)C(C)N(CC1CC1)CC2. The Labute approximate surface area is 205 Å². The summed E-state index contributed by atoms with van der Waals surface area (Å²) < 4.78 is 2.98. The van der Waals surface area contributed by atoms with E-state index in [4.69, 9.17) is 0 Å². The van der Waals surface area contributed by atoms with Crippen molar-refractivity contribution in [3.63, 3.8) is 0 Å². The third-order valence-electron chi connectivity index (χ3n) is 8.73. The summed E-state index contributed by atoms with van der Waals surface area (Å²) in [6.07, 6.45) is 9.08. The quantitative estimate of drug-likeness (QED) is 0.608. The van der Waals surface area contributed by atoms with E-state index in [1.54, 1.807) is 6.07 Å². The van der Waals surface area contributed by atoms with Crippen LogP contribution in [0.1, 0.15) is 50.2 Å². The van der Waals surface area contributed by atoms with Crippen molar-refractivity contribution < 1.29 is 10.2 Å². The van der Waals surface area contributed by atoms with Crippen LogP contribution in [0, 0.1) is 12.8 Å². The number of piperidine rings is 1. The molecule has 3 fully saturated rings. The standard InChI is InChI=1S/C26H37BrN4O2/c1-19-3-6-23(32)15-24(19)25-7-10-29(13-14-31-18-22(27)16-28-31)11-9-26(25,33)20(2)30(12-8-25)17-21-4-5-21/h3,6,15-16,18,20-21,32-33H,4-5,7-14,17H2,1-2H3. The first kappa shape index (κ1) is 23.3. The Morgan fingerprint density at radius 1 is 1.12 bits per heavy atom. The Balaban J connectivity index is 1.45. The molecule has 3 atom stereocenters. The van der Waals surface area contributed by atoms with Crippen molar-refractivity contribution in [2.75, 3.05) is 32.7 Å². The lowest BCUT2D eigenvalue weighted by Gasteiger charge is -2.58. The van der Waals surface area contributed by atoms with Gasteiger partial charge in [0.1, 0.15) is 5.75 Å². The van der Waals surface area contributed by atoms with E-state index in [0.717, 1.165) is 74.5 Å². The van der Waals surface area contributed by atoms with E-state index in [-0.39, 0.29) is 11.5 Å². The number of likely N-dealkylation sites (tertiary alicyclic amines) is 2. The van der Waals surface area contributed by atoms with Crippen molar-refractivity contribution >= 4 is 15.9 Å². The molecule has 0 spiro atoms. The zero-order chi connectivity index (χ0) is 23.2. The molecule has 0 amide bonds. The largest absolute Gasteiger partial charge is 0.508 e. The zero-order valence-corrected chi connectivity index (χ0v) is 21.5. The Bertz CT molecular complexity index is 992. The Morgan fingerprint density at radius 3 is 2.61 bits per heavy atom. The normalized spacial score (nSPS) is 31.3. The van der Waals surface area contributed by atoms with Crippen LogP contribution in [0.5, 0.6) is 5.75 Å². The molecule has 7 heteroatoms. The first-order valence-corrected chi connectivity index (χ1v) is 13.3. The van der Waals surface area contributed by atoms with Crippen LogP contribution in [0.2, 0.25) is 0 Å². The lowest BCUT2D eigenvalue weighted by Crippen LogP contribution is -2.68. The molecule has 0 radical (unpaired) electrons. The molecule has 3 heterocycles. The molecule has 1 saturated carbocycles. The molecule has 6 nitrogen and oxygen atoms in total. The van der Waals surface area contributed by atoms with Crippen LogP contribution in [0.4, 0.5) is 0 Å². The molecule has 0 bridgehead atoms. The van der Waals surface area contributed by atoms with E-state index in [2.05, 4.69) is 44.7 Å². The van der Waals surface area contributed by atoms with Crippen LogP contribution in [0.3, 0.4) is 0 Å². The van der Waals surface area contributed by atoms with E-state index in [0.29, 0.717) is 5.75 Å². The second-order valence-corrected chi connectivity index (χ2v) is 11.5. The van der Waals surface area contributed by atoms with Gasteiger partial charge in [-0.2, -0.15) is 5.10 Å². The van der Waals surface area contributed by atoms with Gasteiger partial charge < -0.3 is 15.1 Å². The molecule has 1 aromatic heterocycles. The number of benzene rings is 1. The van der Waals surface area contributed by atoms with Gasteiger partial charge in [0.15, 0.2) is 0 Å². The highest BCUT2D eigenvalue weighted by molar-refractivity contribution is 9.10. The summed E-state index contributed by atoms with van der Waals surface area (Å²) in [5.74, 6) is 1.10. The minimum absolute atomic E-state index is 0.0932. The van der Waals surface area contributed by atoms with Gasteiger partial charge in [-0.05, 0) is 104 Å². The van der Waals surface area contributed by atoms with Gasteiger partial charge in [0.2, 0.25) is 0 Å². The number of hydrogen-bond acceptors (Lipinski definition) is 5. The van der Waals surface area contributed by atoms with Crippen LogP contribution < -0.4 is 0 Å². The number of rotatable bonds is 6. The molecule has 2 saturated heterocycles. The summed E-state index contributed by atoms with van der Waals surface area (Å²) in [7, 11) is 0. The third-order valence-corrected chi connectivity index (χ3v) is 9.14. The summed E-state index contributed by atoms with van der Waals surface area (Å²) in [6, 6.07) is 5.81. The molecular weight excluding hydrogens is 480 g/mol. The van der Waals surface area contributed by atoms with Gasteiger partial charge in [0.25, 0.3) is 0 Å². The molecule has 1 aromatic carbocycles. The fourth-order valence-corrected chi connectivity index (χ4v) is 6.79. The van der Waals surface area contributed by atoms with Crippen molar-refractivity contribution in [2.24, 2.45) is 5.92 Å². The van der Waals surface area contributed by atoms with Gasteiger partial charge in [0.05, 0.1) is 22.8 Å². The van der Waals surface area contributed by atoms with Gasteiger partial charge in [0, 0.05) is 37.3 Å². The Hall–Kier alpha value is -1.41. The number of hydrogen-bond donors (Lipinski definition) is 2. The van der Waals surface area contributed by atoms with Crippen LogP contribution in [0.25, 0.3) is 0 Å². The van der Waals surface area contributed by atoms with Gasteiger partial charge in [-0.3, -0.25) is 9.58 Å². The predicted molar refractivity (Wildman–Crippen MR) is 133 cm³/mol. The van der Waals surface area contributed by atoms with Crippen LogP contribution in [0.15, 0.2) is 35.1 Å². The highest BCUT2D eigenvalue weighted by atomic mass is 79.9. The summed E-state index contributed by atoms with van der Waals surface area (Å²) in [6.45, 7) is 10.1. The number of aromatic nitrogens is 2. The van der Waals surface area contributed by atoms with Gasteiger partial charge in [-0.15, -0.1) is 0 Å². The molecule has 2 aromatic rings. The molecule has 5 rings (SSSR count). The molecule has 3 unspecified atom stereocenters. The van der Waals surface area contributed by atoms with Crippen molar-refractivity contribution in [3.05, 3.63) is 46.2 Å². The summed E-state index contributed by atoms with van der Waals surface area (Å²) in [4.78, 5) is 5.04. The first-order valence-electron chi connectivity index (χ1n) is 12.5. The number of phenols is 1. The molecule has 1 aliphatic carbocycles. The van der Waals surface area contributed by atoms with E-state index < -0.39 is 5.60 Å².